The average Bonchev–Trinajstić information content (AvgIpc) is 2.04. The van der Waals surface area contributed by atoms with Crippen molar-refractivity contribution in [2.45, 2.75) is 12.5 Å². The highest BCUT2D eigenvalue weighted by Gasteiger charge is 2.05. The van der Waals surface area contributed by atoms with Crippen LogP contribution in [0, 0.1) is 0 Å². The molecule has 0 saturated heterocycles. The van der Waals surface area contributed by atoms with E-state index < -0.39 is 6.10 Å². The molecule has 1 aromatic heterocycles. The van der Waals surface area contributed by atoms with Gasteiger partial charge in [-0.2, -0.15) is 5.10 Å². The molecule has 0 fully saturated rings. The topological polar surface area (TPSA) is 75.2 Å². The largest absolute Gasteiger partial charge is 0.390 e. The summed E-state index contributed by atoms with van der Waals surface area (Å²) in [6.45, 7) is 0.257. The molecule has 1 rings (SSSR count). The van der Waals surface area contributed by atoms with Crippen molar-refractivity contribution in [1.29, 1.82) is 0 Å². The van der Waals surface area contributed by atoms with Gasteiger partial charge in [-0.3, -0.25) is 4.79 Å². The van der Waals surface area contributed by atoms with E-state index in [1.807, 2.05) is 0 Å². The van der Waals surface area contributed by atoms with E-state index in [0.717, 1.165) is 0 Å². The molecule has 13 heavy (non-hydrogen) atoms. The fourth-order valence-electron chi connectivity index (χ4n) is 1.05. The Kier molecular flexibility index (Phi) is 3.60. The van der Waals surface area contributed by atoms with Gasteiger partial charge in [0.25, 0.3) is 5.56 Å². The number of aromatic nitrogens is 2. The summed E-state index contributed by atoms with van der Waals surface area (Å²) < 4.78 is 4.75. The summed E-state index contributed by atoms with van der Waals surface area (Å²) in [6, 6.07) is 1.41. The molecule has 0 aliphatic heterocycles. The van der Waals surface area contributed by atoms with Crippen molar-refractivity contribution in [2.75, 3.05) is 13.7 Å². The number of aromatic amines is 1. The lowest BCUT2D eigenvalue weighted by molar-refractivity contribution is 0.0649. The van der Waals surface area contributed by atoms with Crippen molar-refractivity contribution >= 4 is 0 Å². The lowest BCUT2D eigenvalue weighted by atomic mass is 10.1. The SMILES string of the molecule is COCC(O)Cc1cn[nH]c(=O)c1. The van der Waals surface area contributed by atoms with Crippen molar-refractivity contribution < 1.29 is 9.84 Å². The Morgan fingerprint density at radius 3 is 3.15 bits per heavy atom. The van der Waals surface area contributed by atoms with Gasteiger partial charge in [0, 0.05) is 19.6 Å². The molecule has 1 aromatic rings. The zero-order valence-corrected chi connectivity index (χ0v) is 7.36. The van der Waals surface area contributed by atoms with Gasteiger partial charge in [-0.1, -0.05) is 0 Å². The predicted octanol–water partition coefficient (Wildman–Crippen LogP) is -0.680. The molecule has 0 bridgehead atoms. The number of hydrogen-bond donors (Lipinski definition) is 2. The van der Waals surface area contributed by atoms with E-state index in [1.54, 1.807) is 0 Å². The normalized spacial score (nSPS) is 12.8. The van der Waals surface area contributed by atoms with E-state index in [4.69, 9.17) is 4.74 Å². The molecule has 0 aliphatic carbocycles. The van der Waals surface area contributed by atoms with Gasteiger partial charge in [0.15, 0.2) is 0 Å². The van der Waals surface area contributed by atoms with Gasteiger partial charge in [-0.15, -0.1) is 0 Å². The van der Waals surface area contributed by atoms with Crippen LogP contribution in [0.4, 0.5) is 0 Å². The van der Waals surface area contributed by atoms with Gasteiger partial charge in [0.1, 0.15) is 0 Å². The van der Waals surface area contributed by atoms with Crippen molar-refractivity contribution in [2.24, 2.45) is 0 Å². The lowest BCUT2D eigenvalue weighted by Crippen LogP contribution is -2.18. The fraction of sp³-hybridized carbons (Fsp3) is 0.500. The Hall–Kier alpha value is -1.20. The van der Waals surface area contributed by atoms with E-state index in [2.05, 4.69) is 10.2 Å². The number of hydrogen-bond acceptors (Lipinski definition) is 4. The summed E-state index contributed by atoms with van der Waals surface area (Å²) in [5, 5.41) is 15.2. The van der Waals surface area contributed by atoms with Crippen molar-refractivity contribution in [3.05, 3.63) is 28.2 Å². The molecule has 0 saturated carbocycles. The van der Waals surface area contributed by atoms with Crippen LogP contribution in [0.2, 0.25) is 0 Å². The molecular formula is C8H12N2O3. The summed E-state index contributed by atoms with van der Waals surface area (Å²) >= 11 is 0. The van der Waals surface area contributed by atoms with Crippen molar-refractivity contribution in [3.63, 3.8) is 0 Å². The fourth-order valence-corrected chi connectivity index (χ4v) is 1.05. The standard InChI is InChI=1S/C8H12N2O3/c1-13-5-7(11)2-6-3-8(12)10-9-4-6/h3-4,7,11H,2,5H2,1H3,(H,10,12). The number of aliphatic hydroxyl groups excluding tert-OH is 1. The smallest absolute Gasteiger partial charge is 0.264 e. The number of nitrogens with zero attached hydrogens (tertiary/aromatic N) is 1. The van der Waals surface area contributed by atoms with Crippen LogP contribution < -0.4 is 5.56 Å². The van der Waals surface area contributed by atoms with Crippen LogP contribution in [-0.2, 0) is 11.2 Å². The van der Waals surface area contributed by atoms with Gasteiger partial charge >= 0.3 is 0 Å². The molecule has 0 amide bonds. The average molecular weight is 184 g/mol. The first-order valence-corrected chi connectivity index (χ1v) is 3.93. The maximum Gasteiger partial charge on any atom is 0.264 e. The Bertz CT molecular complexity index is 310. The molecule has 5 nitrogen and oxygen atoms in total. The van der Waals surface area contributed by atoms with Crippen LogP contribution in [0.3, 0.4) is 0 Å². The van der Waals surface area contributed by atoms with Crippen LogP contribution in [-0.4, -0.2) is 35.1 Å². The van der Waals surface area contributed by atoms with E-state index in [0.29, 0.717) is 12.0 Å². The molecule has 0 aromatic carbocycles. The molecular weight excluding hydrogens is 172 g/mol. The van der Waals surface area contributed by atoms with Crippen molar-refractivity contribution in [3.8, 4) is 0 Å². The molecule has 1 unspecified atom stereocenters. The van der Waals surface area contributed by atoms with Gasteiger partial charge in [0.2, 0.25) is 0 Å². The first kappa shape index (κ1) is 9.88. The highest BCUT2D eigenvalue weighted by atomic mass is 16.5. The molecule has 2 N–H and O–H groups in total. The Morgan fingerprint density at radius 2 is 2.54 bits per heavy atom. The maximum atomic E-state index is 10.8. The van der Waals surface area contributed by atoms with Gasteiger partial charge in [-0.05, 0) is 5.56 Å². The third-order valence-corrected chi connectivity index (χ3v) is 1.55. The number of rotatable bonds is 4. The van der Waals surface area contributed by atoms with E-state index in [-0.39, 0.29) is 12.2 Å². The quantitative estimate of drug-likeness (QED) is 0.650. The number of aliphatic hydroxyl groups is 1. The molecule has 1 atom stereocenters. The highest BCUT2D eigenvalue weighted by Crippen LogP contribution is 1.98. The molecule has 72 valence electrons. The van der Waals surface area contributed by atoms with Crippen LogP contribution >= 0.6 is 0 Å². The Labute approximate surface area is 75.4 Å². The van der Waals surface area contributed by atoms with Gasteiger partial charge in [0.05, 0.1) is 18.9 Å². The number of methoxy groups -OCH3 is 1. The highest BCUT2D eigenvalue weighted by molar-refractivity contribution is 5.06. The molecule has 0 spiro atoms. The minimum absolute atomic E-state index is 0.257. The third-order valence-electron chi connectivity index (χ3n) is 1.55. The van der Waals surface area contributed by atoms with Crippen molar-refractivity contribution in [1.82, 2.24) is 10.2 Å². The molecule has 0 aliphatic rings. The van der Waals surface area contributed by atoms with Gasteiger partial charge in [-0.25, -0.2) is 5.10 Å². The number of ether oxygens (including phenoxy) is 1. The van der Waals surface area contributed by atoms with Crippen LogP contribution in [0.25, 0.3) is 0 Å². The zero-order valence-electron chi connectivity index (χ0n) is 7.36. The summed E-state index contributed by atoms with van der Waals surface area (Å²) in [7, 11) is 1.51. The van der Waals surface area contributed by atoms with Crippen LogP contribution in [0.5, 0.6) is 0 Å². The van der Waals surface area contributed by atoms with Crippen LogP contribution in [0.1, 0.15) is 5.56 Å². The summed E-state index contributed by atoms with van der Waals surface area (Å²) in [5.74, 6) is 0. The second kappa shape index (κ2) is 4.74. The second-order valence-corrected chi connectivity index (χ2v) is 2.77. The van der Waals surface area contributed by atoms with E-state index in [9.17, 15) is 9.90 Å². The number of H-pyrrole nitrogens is 1. The minimum atomic E-state index is -0.589. The molecule has 1 heterocycles. The summed E-state index contributed by atoms with van der Waals surface area (Å²) in [5.41, 5.74) is 0.440. The monoisotopic (exact) mass is 184 g/mol. The van der Waals surface area contributed by atoms with E-state index >= 15 is 0 Å². The minimum Gasteiger partial charge on any atom is -0.390 e. The Morgan fingerprint density at radius 1 is 1.77 bits per heavy atom. The van der Waals surface area contributed by atoms with Gasteiger partial charge < -0.3 is 9.84 Å². The first-order valence-electron chi connectivity index (χ1n) is 3.93. The third kappa shape index (κ3) is 3.35. The first-order chi connectivity index (χ1) is 6.22. The van der Waals surface area contributed by atoms with E-state index in [1.165, 1.54) is 19.4 Å². The zero-order chi connectivity index (χ0) is 9.68. The number of nitrogens with one attached hydrogen (secondary N) is 1. The van der Waals surface area contributed by atoms with Crippen LogP contribution in [0.15, 0.2) is 17.1 Å². The molecule has 5 heteroatoms. The summed E-state index contributed by atoms with van der Waals surface area (Å²) in [4.78, 5) is 10.8. The predicted molar refractivity (Wildman–Crippen MR) is 46.4 cm³/mol. The second-order valence-electron chi connectivity index (χ2n) is 2.77. The lowest BCUT2D eigenvalue weighted by Gasteiger charge is -2.07. The Balaban J connectivity index is 2.58. The molecule has 0 radical (unpaired) electrons. The maximum absolute atomic E-state index is 10.8. The summed E-state index contributed by atoms with van der Waals surface area (Å²) in [6.07, 6.45) is 1.30.